The fraction of sp³-hybridized carbons (Fsp3) is 0.0714. The lowest BCUT2D eigenvalue weighted by molar-refractivity contribution is 0.0696. The molecule has 0 bridgehead atoms. The Bertz CT molecular complexity index is 601. The lowest BCUT2D eigenvalue weighted by Crippen LogP contribution is -2.10. The highest BCUT2D eigenvalue weighted by Gasteiger charge is 2.06. The highest BCUT2D eigenvalue weighted by atomic mass is 32.2. The number of primary amides is 1. The van der Waals surface area contributed by atoms with Gasteiger partial charge in [0.15, 0.2) is 0 Å². The molecule has 1 aromatic carbocycles. The van der Waals surface area contributed by atoms with Gasteiger partial charge in [-0.05, 0) is 29.8 Å². The zero-order valence-electron chi connectivity index (χ0n) is 10.4. The number of aromatic carboxylic acids is 1. The van der Waals surface area contributed by atoms with Crippen LogP contribution in [0.15, 0.2) is 47.6 Å². The van der Waals surface area contributed by atoms with Crippen molar-refractivity contribution in [3.63, 3.8) is 0 Å². The first kappa shape index (κ1) is 14.1. The number of carboxylic acids is 1. The van der Waals surface area contributed by atoms with Crippen molar-refractivity contribution < 1.29 is 14.7 Å². The number of hydrogen-bond donors (Lipinski definition) is 2. The first-order valence-electron chi connectivity index (χ1n) is 5.77. The fourth-order valence-electron chi connectivity index (χ4n) is 1.59. The minimum Gasteiger partial charge on any atom is -0.478 e. The summed E-state index contributed by atoms with van der Waals surface area (Å²) in [5, 5.41) is 9.52. The molecule has 20 heavy (non-hydrogen) atoms. The van der Waals surface area contributed by atoms with Crippen LogP contribution in [0.25, 0.3) is 0 Å². The van der Waals surface area contributed by atoms with Gasteiger partial charge in [0.05, 0.1) is 10.6 Å². The monoisotopic (exact) mass is 288 g/mol. The minimum absolute atomic E-state index is 0.202. The number of pyridine rings is 1. The van der Waals surface area contributed by atoms with Gasteiger partial charge >= 0.3 is 5.97 Å². The topological polar surface area (TPSA) is 93.3 Å². The van der Waals surface area contributed by atoms with Crippen LogP contribution in [0.4, 0.5) is 0 Å². The third kappa shape index (κ3) is 3.58. The number of amides is 1. The van der Waals surface area contributed by atoms with Gasteiger partial charge in [0.1, 0.15) is 0 Å². The van der Waals surface area contributed by atoms with Crippen LogP contribution >= 0.6 is 11.8 Å². The van der Waals surface area contributed by atoms with Gasteiger partial charge in [-0.25, -0.2) is 9.78 Å². The lowest BCUT2D eigenvalue weighted by atomic mass is 10.1. The molecule has 102 valence electrons. The Morgan fingerprint density at radius 1 is 1.20 bits per heavy atom. The molecule has 1 aromatic heterocycles. The number of aromatic nitrogens is 1. The van der Waals surface area contributed by atoms with E-state index in [4.69, 9.17) is 10.8 Å². The summed E-state index contributed by atoms with van der Waals surface area (Å²) in [5.41, 5.74) is 6.80. The Morgan fingerprint density at radius 3 is 2.70 bits per heavy atom. The summed E-state index contributed by atoms with van der Waals surface area (Å²) in [6.07, 6.45) is 1.46. The molecule has 0 atom stereocenters. The van der Waals surface area contributed by atoms with Crippen LogP contribution in [-0.2, 0) is 5.75 Å². The van der Waals surface area contributed by atoms with Gasteiger partial charge in [0, 0.05) is 17.5 Å². The zero-order valence-corrected chi connectivity index (χ0v) is 11.3. The van der Waals surface area contributed by atoms with E-state index in [0.717, 1.165) is 5.56 Å². The quantitative estimate of drug-likeness (QED) is 0.822. The molecule has 0 aliphatic carbocycles. The highest BCUT2D eigenvalue weighted by Crippen LogP contribution is 2.22. The molecule has 2 aromatic rings. The van der Waals surface area contributed by atoms with E-state index in [9.17, 15) is 9.59 Å². The molecule has 0 saturated heterocycles. The molecule has 5 nitrogen and oxygen atoms in total. The maximum atomic E-state index is 11.1. The van der Waals surface area contributed by atoms with Crippen LogP contribution < -0.4 is 5.73 Å². The number of benzene rings is 1. The largest absolute Gasteiger partial charge is 0.478 e. The number of hydrogen-bond acceptors (Lipinski definition) is 4. The summed E-state index contributed by atoms with van der Waals surface area (Å²) in [6.45, 7) is 0. The molecule has 0 fully saturated rings. The number of carboxylic acid groups (broad SMARTS) is 1. The Hall–Kier alpha value is -2.34. The Labute approximate surface area is 119 Å². The van der Waals surface area contributed by atoms with Gasteiger partial charge in [0.25, 0.3) is 0 Å². The molecule has 1 amide bonds. The summed E-state index contributed by atoms with van der Waals surface area (Å²) < 4.78 is 0. The molecule has 0 aliphatic rings. The van der Waals surface area contributed by atoms with Crippen molar-refractivity contribution in [1.82, 2.24) is 4.98 Å². The molecular formula is C14H12N2O3S. The van der Waals surface area contributed by atoms with Gasteiger partial charge in [-0.3, -0.25) is 4.79 Å². The van der Waals surface area contributed by atoms with Crippen molar-refractivity contribution in [3.8, 4) is 0 Å². The maximum Gasteiger partial charge on any atom is 0.335 e. The maximum absolute atomic E-state index is 11.1. The first-order valence-corrected chi connectivity index (χ1v) is 6.76. The second-order valence-electron chi connectivity index (χ2n) is 4.04. The number of carbonyl (C=O) groups is 2. The molecule has 6 heteroatoms. The van der Waals surface area contributed by atoms with E-state index >= 15 is 0 Å². The van der Waals surface area contributed by atoms with Crippen molar-refractivity contribution in [1.29, 1.82) is 0 Å². The summed E-state index contributed by atoms with van der Waals surface area (Å²) in [7, 11) is 0. The zero-order chi connectivity index (χ0) is 14.5. The number of nitrogens with two attached hydrogens (primary N) is 1. The molecular weight excluding hydrogens is 276 g/mol. The van der Waals surface area contributed by atoms with Crippen molar-refractivity contribution >= 4 is 23.6 Å². The Kier molecular flexibility index (Phi) is 4.37. The lowest BCUT2D eigenvalue weighted by Gasteiger charge is -2.04. The van der Waals surface area contributed by atoms with Crippen LogP contribution in [0.1, 0.15) is 26.3 Å². The predicted octanol–water partition coefficient (Wildman–Crippen LogP) is 2.17. The van der Waals surface area contributed by atoms with Crippen molar-refractivity contribution in [3.05, 3.63) is 59.3 Å². The standard InChI is InChI=1S/C14H12N2O3S/c15-13(17)10-3-1-2-9(6-10)8-20-12-7-11(14(18)19)4-5-16-12/h1-7H,8H2,(H2,15,17)(H,18,19). The third-order valence-electron chi connectivity index (χ3n) is 2.58. The SMILES string of the molecule is NC(=O)c1cccc(CSc2cc(C(=O)O)ccn2)c1. The molecule has 3 N–H and O–H groups in total. The van der Waals surface area contributed by atoms with Crippen LogP contribution in [-0.4, -0.2) is 22.0 Å². The van der Waals surface area contributed by atoms with Crippen LogP contribution in [0.2, 0.25) is 0 Å². The minimum atomic E-state index is -0.982. The van der Waals surface area contributed by atoms with Gasteiger partial charge < -0.3 is 10.8 Å². The number of thioether (sulfide) groups is 1. The molecule has 0 aliphatic heterocycles. The van der Waals surface area contributed by atoms with Crippen LogP contribution in [0.5, 0.6) is 0 Å². The molecule has 0 spiro atoms. The number of carbonyl (C=O) groups excluding carboxylic acids is 1. The summed E-state index contributed by atoms with van der Waals surface area (Å²) in [6, 6.07) is 9.97. The highest BCUT2D eigenvalue weighted by molar-refractivity contribution is 7.98. The van der Waals surface area contributed by atoms with Gasteiger partial charge in [-0.1, -0.05) is 12.1 Å². The molecule has 0 radical (unpaired) electrons. The van der Waals surface area contributed by atoms with E-state index in [1.165, 1.54) is 30.1 Å². The van der Waals surface area contributed by atoms with Crippen molar-refractivity contribution in [2.75, 3.05) is 0 Å². The van der Waals surface area contributed by atoms with Crippen LogP contribution in [0, 0.1) is 0 Å². The van der Waals surface area contributed by atoms with Crippen molar-refractivity contribution in [2.24, 2.45) is 5.73 Å². The number of nitrogens with zero attached hydrogens (tertiary/aromatic N) is 1. The summed E-state index contributed by atoms with van der Waals surface area (Å²) in [4.78, 5) is 26.0. The molecule has 1 heterocycles. The predicted molar refractivity (Wildman–Crippen MR) is 75.7 cm³/mol. The van der Waals surface area contributed by atoms with E-state index in [0.29, 0.717) is 16.3 Å². The fourth-order valence-corrected chi connectivity index (χ4v) is 2.43. The van der Waals surface area contributed by atoms with Gasteiger partial charge in [0.2, 0.25) is 5.91 Å². The van der Waals surface area contributed by atoms with Crippen molar-refractivity contribution in [2.45, 2.75) is 10.8 Å². The molecule has 0 unspecified atom stereocenters. The molecule has 0 saturated carbocycles. The number of rotatable bonds is 5. The van der Waals surface area contributed by atoms with E-state index in [1.807, 2.05) is 6.07 Å². The van der Waals surface area contributed by atoms with E-state index in [1.54, 1.807) is 18.2 Å². The smallest absolute Gasteiger partial charge is 0.335 e. The average molecular weight is 288 g/mol. The van der Waals surface area contributed by atoms with E-state index < -0.39 is 11.9 Å². The second kappa shape index (κ2) is 6.21. The summed E-state index contributed by atoms with van der Waals surface area (Å²) in [5.74, 6) is -0.871. The van der Waals surface area contributed by atoms with E-state index in [-0.39, 0.29) is 5.56 Å². The Morgan fingerprint density at radius 2 is 2.00 bits per heavy atom. The third-order valence-corrected chi connectivity index (χ3v) is 3.58. The Balaban J connectivity index is 2.08. The van der Waals surface area contributed by atoms with E-state index in [2.05, 4.69) is 4.98 Å². The normalized spacial score (nSPS) is 10.2. The van der Waals surface area contributed by atoms with Gasteiger partial charge in [-0.2, -0.15) is 0 Å². The van der Waals surface area contributed by atoms with Crippen LogP contribution in [0.3, 0.4) is 0 Å². The summed E-state index contributed by atoms with van der Waals surface area (Å²) >= 11 is 1.40. The second-order valence-corrected chi connectivity index (χ2v) is 5.04. The first-order chi connectivity index (χ1) is 9.56. The molecule has 2 rings (SSSR count). The average Bonchev–Trinajstić information content (AvgIpc) is 2.45. The van der Waals surface area contributed by atoms with Gasteiger partial charge in [-0.15, -0.1) is 11.8 Å².